The highest BCUT2D eigenvalue weighted by atomic mass is 79.9. The van der Waals surface area contributed by atoms with Crippen LogP contribution in [0.4, 0.5) is 15.8 Å². The van der Waals surface area contributed by atoms with Crippen LogP contribution in [0.2, 0.25) is 0 Å². The summed E-state index contributed by atoms with van der Waals surface area (Å²) in [6.45, 7) is 2.15. The van der Waals surface area contributed by atoms with Crippen molar-refractivity contribution in [1.82, 2.24) is 0 Å². The molecule has 1 aromatic rings. The van der Waals surface area contributed by atoms with Crippen LogP contribution in [-0.2, 0) is 0 Å². The molecular weight excluding hydrogens is 271 g/mol. The van der Waals surface area contributed by atoms with E-state index in [4.69, 9.17) is 5.73 Å². The zero-order chi connectivity index (χ0) is 11.8. The van der Waals surface area contributed by atoms with Crippen molar-refractivity contribution in [3.63, 3.8) is 0 Å². The van der Waals surface area contributed by atoms with Gasteiger partial charge >= 0.3 is 0 Å². The number of nitrogens with two attached hydrogens (primary N) is 1. The Balaban J connectivity index is 2.24. The van der Waals surface area contributed by atoms with Crippen molar-refractivity contribution >= 4 is 27.3 Å². The van der Waals surface area contributed by atoms with Gasteiger partial charge < -0.3 is 11.1 Å². The molecule has 0 heterocycles. The second-order valence-corrected chi connectivity index (χ2v) is 5.32. The Labute approximate surface area is 104 Å². The van der Waals surface area contributed by atoms with Crippen LogP contribution in [0, 0.1) is 5.82 Å². The summed E-state index contributed by atoms with van der Waals surface area (Å²) in [6.07, 6.45) is 4.56. The molecule has 3 N–H and O–H groups in total. The summed E-state index contributed by atoms with van der Waals surface area (Å²) in [5.41, 5.74) is 7.31. The fourth-order valence-corrected chi connectivity index (χ4v) is 2.49. The standard InChI is InChI=1S/C12H16BrFN2/c1-2-12(4-3-5-12)16-11-7-9(14)8(13)6-10(11)15/h6-7,16H,2-5,15H2,1H3. The monoisotopic (exact) mass is 286 g/mol. The van der Waals surface area contributed by atoms with Crippen LogP contribution < -0.4 is 11.1 Å². The van der Waals surface area contributed by atoms with Gasteiger partial charge in [0.05, 0.1) is 15.8 Å². The quantitative estimate of drug-likeness (QED) is 0.827. The lowest BCUT2D eigenvalue weighted by molar-refractivity contribution is 0.269. The van der Waals surface area contributed by atoms with Crippen molar-refractivity contribution in [2.45, 2.75) is 38.1 Å². The lowest BCUT2D eigenvalue weighted by atomic mass is 9.74. The second kappa shape index (κ2) is 4.24. The average Bonchev–Trinajstić information content (AvgIpc) is 2.19. The number of halogens is 2. The van der Waals surface area contributed by atoms with Crippen molar-refractivity contribution in [2.24, 2.45) is 0 Å². The van der Waals surface area contributed by atoms with Gasteiger partial charge in [-0.05, 0) is 47.7 Å². The van der Waals surface area contributed by atoms with E-state index in [1.165, 1.54) is 12.5 Å². The van der Waals surface area contributed by atoms with Gasteiger partial charge in [0.15, 0.2) is 0 Å². The van der Waals surface area contributed by atoms with Crippen LogP contribution in [0.1, 0.15) is 32.6 Å². The molecule has 1 aromatic carbocycles. The molecule has 1 aliphatic rings. The summed E-state index contributed by atoms with van der Waals surface area (Å²) < 4.78 is 13.8. The summed E-state index contributed by atoms with van der Waals surface area (Å²) in [5.74, 6) is -0.276. The molecule has 88 valence electrons. The van der Waals surface area contributed by atoms with Crippen molar-refractivity contribution in [3.05, 3.63) is 22.4 Å². The second-order valence-electron chi connectivity index (χ2n) is 4.47. The van der Waals surface area contributed by atoms with Gasteiger partial charge in [0.2, 0.25) is 0 Å². The summed E-state index contributed by atoms with van der Waals surface area (Å²) in [7, 11) is 0. The molecule has 0 atom stereocenters. The summed E-state index contributed by atoms with van der Waals surface area (Å²) in [4.78, 5) is 0. The fourth-order valence-electron chi connectivity index (χ4n) is 2.13. The Morgan fingerprint density at radius 2 is 2.19 bits per heavy atom. The molecule has 0 spiro atoms. The maximum Gasteiger partial charge on any atom is 0.139 e. The smallest absolute Gasteiger partial charge is 0.139 e. The fraction of sp³-hybridized carbons (Fsp3) is 0.500. The molecule has 0 aromatic heterocycles. The third-order valence-corrected chi connectivity index (χ3v) is 4.09. The Kier molecular flexibility index (Phi) is 3.10. The van der Waals surface area contributed by atoms with Gasteiger partial charge in [0.1, 0.15) is 5.82 Å². The highest BCUT2D eigenvalue weighted by Gasteiger charge is 2.35. The van der Waals surface area contributed by atoms with Gasteiger partial charge in [-0.15, -0.1) is 0 Å². The van der Waals surface area contributed by atoms with Gasteiger partial charge in [0.25, 0.3) is 0 Å². The molecule has 16 heavy (non-hydrogen) atoms. The van der Waals surface area contributed by atoms with Gasteiger partial charge in [-0.3, -0.25) is 0 Å². The maximum absolute atomic E-state index is 13.4. The molecule has 4 heteroatoms. The molecule has 0 amide bonds. The predicted octanol–water partition coefficient (Wildman–Crippen LogP) is 3.92. The van der Waals surface area contributed by atoms with Gasteiger partial charge in [-0.25, -0.2) is 4.39 Å². The maximum atomic E-state index is 13.4. The van der Waals surface area contributed by atoms with E-state index in [0.717, 1.165) is 19.3 Å². The largest absolute Gasteiger partial charge is 0.397 e. The van der Waals surface area contributed by atoms with E-state index >= 15 is 0 Å². The molecule has 2 rings (SSSR count). The first kappa shape index (κ1) is 11.7. The number of hydrogen-bond donors (Lipinski definition) is 2. The van der Waals surface area contributed by atoms with Crippen LogP contribution in [0.15, 0.2) is 16.6 Å². The van der Waals surface area contributed by atoms with Crippen LogP contribution in [-0.4, -0.2) is 5.54 Å². The van der Waals surface area contributed by atoms with E-state index in [1.54, 1.807) is 6.07 Å². The van der Waals surface area contributed by atoms with Crippen LogP contribution >= 0.6 is 15.9 Å². The molecule has 1 aliphatic carbocycles. The van der Waals surface area contributed by atoms with E-state index in [1.807, 2.05) is 0 Å². The van der Waals surface area contributed by atoms with Crippen molar-refractivity contribution in [3.8, 4) is 0 Å². The van der Waals surface area contributed by atoms with Crippen molar-refractivity contribution < 1.29 is 4.39 Å². The molecule has 0 radical (unpaired) electrons. The van der Waals surface area contributed by atoms with Gasteiger partial charge in [-0.1, -0.05) is 6.92 Å². The van der Waals surface area contributed by atoms with E-state index in [-0.39, 0.29) is 11.4 Å². The normalized spacial score (nSPS) is 17.9. The number of rotatable bonds is 3. The molecule has 1 saturated carbocycles. The number of benzene rings is 1. The third-order valence-electron chi connectivity index (χ3n) is 3.48. The Morgan fingerprint density at radius 3 is 2.69 bits per heavy atom. The lowest BCUT2D eigenvalue weighted by Crippen LogP contribution is -2.44. The van der Waals surface area contributed by atoms with Crippen LogP contribution in [0.5, 0.6) is 0 Å². The number of hydrogen-bond acceptors (Lipinski definition) is 2. The average molecular weight is 287 g/mol. The first-order chi connectivity index (χ1) is 7.56. The molecule has 2 nitrogen and oxygen atoms in total. The minimum absolute atomic E-state index is 0.133. The highest BCUT2D eigenvalue weighted by Crippen LogP contribution is 2.39. The van der Waals surface area contributed by atoms with E-state index < -0.39 is 0 Å². The summed E-state index contributed by atoms with van der Waals surface area (Å²) >= 11 is 3.13. The Hall–Kier alpha value is -0.770. The third kappa shape index (κ3) is 2.03. The molecule has 0 bridgehead atoms. The van der Waals surface area contributed by atoms with Gasteiger partial charge in [-0.2, -0.15) is 0 Å². The number of anilines is 2. The topological polar surface area (TPSA) is 38.0 Å². The molecule has 0 saturated heterocycles. The van der Waals surface area contributed by atoms with Crippen molar-refractivity contribution in [2.75, 3.05) is 11.1 Å². The minimum Gasteiger partial charge on any atom is -0.397 e. The summed E-state index contributed by atoms with van der Waals surface area (Å²) in [5, 5.41) is 3.39. The first-order valence-electron chi connectivity index (χ1n) is 5.59. The summed E-state index contributed by atoms with van der Waals surface area (Å²) in [6, 6.07) is 3.08. The Morgan fingerprint density at radius 1 is 1.50 bits per heavy atom. The molecule has 0 aliphatic heterocycles. The van der Waals surface area contributed by atoms with E-state index in [9.17, 15) is 4.39 Å². The van der Waals surface area contributed by atoms with Crippen LogP contribution in [0.3, 0.4) is 0 Å². The predicted molar refractivity (Wildman–Crippen MR) is 69.0 cm³/mol. The van der Waals surface area contributed by atoms with Gasteiger partial charge in [0, 0.05) is 11.6 Å². The SMILES string of the molecule is CCC1(Nc2cc(F)c(Br)cc2N)CCC1. The molecule has 0 unspecified atom stereocenters. The zero-order valence-electron chi connectivity index (χ0n) is 9.32. The van der Waals surface area contributed by atoms with Crippen LogP contribution in [0.25, 0.3) is 0 Å². The molecular formula is C12H16BrFN2. The highest BCUT2D eigenvalue weighted by molar-refractivity contribution is 9.10. The van der Waals surface area contributed by atoms with E-state index in [2.05, 4.69) is 28.2 Å². The Bertz CT molecular complexity index is 397. The van der Waals surface area contributed by atoms with E-state index in [0.29, 0.717) is 15.8 Å². The lowest BCUT2D eigenvalue weighted by Gasteiger charge is -2.43. The first-order valence-corrected chi connectivity index (χ1v) is 6.38. The van der Waals surface area contributed by atoms with Crippen molar-refractivity contribution in [1.29, 1.82) is 0 Å². The molecule has 1 fully saturated rings. The number of nitrogen functional groups attached to an aromatic ring is 1. The zero-order valence-corrected chi connectivity index (χ0v) is 10.9. The number of nitrogens with one attached hydrogen (secondary N) is 1. The minimum atomic E-state index is -0.276.